The largest absolute Gasteiger partial charge is 0.480 e. The molecule has 0 aromatic heterocycles. The van der Waals surface area contributed by atoms with E-state index in [2.05, 4.69) is 22.8 Å². The van der Waals surface area contributed by atoms with Crippen LogP contribution in [0.4, 0.5) is 5.69 Å². The normalized spacial score (nSPS) is 16.0. The maximum Gasteiger partial charge on any atom is 0.261 e. The Kier molecular flexibility index (Phi) is 6.32. The highest BCUT2D eigenvalue weighted by molar-refractivity contribution is 6.06. The summed E-state index contributed by atoms with van der Waals surface area (Å²) in [6, 6.07) is 24.4. The highest BCUT2D eigenvalue weighted by Gasteiger charge is 2.25. The van der Waals surface area contributed by atoms with Crippen molar-refractivity contribution in [3.63, 3.8) is 0 Å². The van der Waals surface area contributed by atoms with Crippen molar-refractivity contribution >= 4 is 17.5 Å². The Hall–Kier alpha value is -3.60. The van der Waals surface area contributed by atoms with Gasteiger partial charge in [0, 0.05) is 5.69 Å². The van der Waals surface area contributed by atoms with Gasteiger partial charge in [0.15, 0.2) is 6.10 Å². The average molecular weight is 415 g/mol. The van der Waals surface area contributed by atoms with E-state index in [4.69, 9.17) is 4.74 Å². The van der Waals surface area contributed by atoms with E-state index in [1.807, 2.05) is 42.5 Å². The first-order chi connectivity index (χ1) is 15.1. The summed E-state index contributed by atoms with van der Waals surface area (Å²) in [4.78, 5) is 25.6. The number of anilines is 1. The summed E-state index contributed by atoms with van der Waals surface area (Å²) in [6.07, 6.45) is 2.25. The van der Waals surface area contributed by atoms with Gasteiger partial charge in [-0.2, -0.15) is 0 Å². The molecule has 2 amide bonds. The zero-order valence-corrected chi connectivity index (χ0v) is 17.5. The lowest BCUT2D eigenvalue weighted by molar-refractivity contribution is -0.128. The maximum absolute atomic E-state index is 12.9. The Morgan fingerprint density at radius 2 is 1.65 bits per heavy atom. The quantitative estimate of drug-likeness (QED) is 0.603. The van der Waals surface area contributed by atoms with Gasteiger partial charge in [-0.15, -0.1) is 0 Å². The number of hydrogen-bond acceptors (Lipinski definition) is 3. The molecule has 31 heavy (non-hydrogen) atoms. The van der Waals surface area contributed by atoms with E-state index in [1.54, 1.807) is 31.2 Å². The van der Waals surface area contributed by atoms with E-state index in [0.29, 0.717) is 17.0 Å². The molecule has 5 nitrogen and oxygen atoms in total. The molecule has 2 N–H and O–H groups in total. The van der Waals surface area contributed by atoms with E-state index in [1.165, 1.54) is 11.1 Å². The SMILES string of the molecule is C[C@@H](Oc1ccccc1C(=O)Nc1ccccc1)C(=O)N[C@@H]1CCCc2ccccc21. The monoisotopic (exact) mass is 414 g/mol. The average Bonchev–Trinajstić information content (AvgIpc) is 2.80. The molecule has 2 atom stereocenters. The van der Waals surface area contributed by atoms with Crippen molar-refractivity contribution in [3.8, 4) is 5.75 Å². The Morgan fingerprint density at radius 1 is 0.935 bits per heavy atom. The number of nitrogens with one attached hydrogen (secondary N) is 2. The molecule has 0 unspecified atom stereocenters. The second-order valence-electron chi connectivity index (χ2n) is 7.73. The minimum atomic E-state index is -0.736. The van der Waals surface area contributed by atoms with Gasteiger partial charge in [-0.25, -0.2) is 0 Å². The predicted molar refractivity (Wildman–Crippen MR) is 121 cm³/mol. The molecule has 0 spiro atoms. The van der Waals surface area contributed by atoms with Crippen LogP contribution in [0.2, 0.25) is 0 Å². The zero-order chi connectivity index (χ0) is 21.6. The molecular weight excluding hydrogens is 388 g/mol. The van der Waals surface area contributed by atoms with Gasteiger partial charge in [-0.05, 0) is 61.6 Å². The molecule has 1 aliphatic carbocycles. The van der Waals surface area contributed by atoms with E-state index in [0.717, 1.165) is 19.3 Å². The standard InChI is InChI=1S/C26H26N2O3/c1-18(25(29)28-23-16-9-11-19-10-5-6-14-21(19)23)31-24-17-8-7-15-22(24)26(30)27-20-12-3-2-4-13-20/h2-8,10,12-15,17-18,23H,9,11,16H2,1H3,(H,27,30)(H,28,29)/t18-,23-/m1/s1. The van der Waals surface area contributed by atoms with Crippen LogP contribution in [0.1, 0.15) is 47.3 Å². The van der Waals surface area contributed by atoms with Crippen LogP contribution in [0.5, 0.6) is 5.75 Å². The van der Waals surface area contributed by atoms with Crippen molar-refractivity contribution in [3.05, 3.63) is 95.6 Å². The molecule has 0 bridgehead atoms. The first-order valence-corrected chi connectivity index (χ1v) is 10.6. The number of fused-ring (bicyclic) bond motifs is 1. The number of rotatable bonds is 6. The van der Waals surface area contributed by atoms with E-state index in [9.17, 15) is 9.59 Å². The van der Waals surface area contributed by atoms with Crippen LogP contribution >= 0.6 is 0 Å². The van der Waals surface area contributed by atoms with Crippen LogP contribution in [-0.4, -0.2) is 17.9 Å². The lowest BCUT2D eigenvalue weighted by Gasteiger charge is -2.27. The Labute approximate surface area is 182 Å². The zero-order valence-electron chi connectivity index (χ0n) is 17.5. The van der Waals surface area contributed by atoms with Crippen molar-refractivity contribution in [2.45, 2.75) is 38.3 Å². The van der Waals surface area contributed by atoms with E-state index >= 15 is 0 Å². The third kappa shape index (κ3) is 4.94. The molecule has 3 aromatic carbocycles. The number of ether oxygens (including phenoxy) is 1. The fraction of sp³-hybridized carbons (Fsp3) is 0.231. The topological polar surface area (TPSA) is 67.4 Å². The summed E-state index contributed by atoms with van der Waals surface area (Å²) in [5.74, 6) is -0.0989. The maximum atomic E-state index is 12.9. The second-order valence-corrected chi connectivity index (χ2v) is 7.73. The fourth-order valence-electron chi connectivity index (χ4n) is 3.91. The molecule has 5 heteroatoms. The Bertz CT molecular complexity index is 1070. The van der Waals surface area contributed by atoms with E-state index < -0.39 is 6.10 Å². The van der Waals surface area contributed by atoms with Crippen molar-refractivity contribution in [1.29, 1.82) is 0 Å². The second kappa shape index (κ2) is 9.47. The van der Waals surface area contributed by atoms with E-state index in [-0.39, 0.29) is 17.9 Å². The third-order valence-corrected chi connectivity index (χ3v) is 5.52. The summed E-state index contributed by atoms with van der Waals surface area (Å²) >= 11 is 0. The van der Waals surface area contributed by atoms with Crippen molar-refractivity contribution < 1.29 is 14.3 Å². The molecule has 0 radical (unpaired) electrons. The smallest absolute Gasteiger partial charge is 0.261 e. The minimum absolute atomic E-state index is 0.0138. The van der Waals surface area contributed by atoms with Gasteiger partial charge in [0.1, 0.15) is 5.75 Å². The van der Waals surface area contributed by atoms with Crippen LogP contribution in [0.3, 0.4) is 0 Å². The van der Waals surface area contributed by atoms with Gasteiger partial charge in [-0.3, -0.25) is 9.59 Å². The number of para-hydroxylation sites is 2. The summed E-state index contributed by atoms with van der Waals surface area (Å²) in [5, 5.41) is 5.98. The van der Waals surface area contributed by atoms with Gasteiger partial charge in [-0.1, -0.05) is 54.6 Å². The van der Waals surface area contributed by atoms with Crippen LogP contribution in [0, 0.1) is 0 Å². The molecule has 1 aliphatic rings. The molecule has 4 rings (SSSR count). The lowest BCUT2D eigenvalue weighted by Crippen LogP contribution is -2.39. The fourth-order valence-corrected chi connectivity index (χ4v) is 3.91. The minimum Gasteiger partial charge on any atom is -0.480 e. The molecule has 0 saturated carbocycles. The number of aryl methyl sites for hydroxylation is 1. The Morgan fingerprint density at radius 3 is 2.48 bits per heavy atom. The molecule has 0 aliphatic heterocycles. The van der Waals surface area contributed by atoms with Crippen LogP contribution < -0.4 is 15.4 Å². The van der Waals surface area contributed by atoms with Gasteiger partial charge < -0.3 is 15.4 Å². The highest BCUT2D eigenvalue weighted by Crippen LogP contribution is 2.29. The molecule has 3 aromatic rings. The summed E-state index contributed by atoms with van der Waals surface area (Å²) in [5.41, 5.74) is 3.55. The number of carbonyl (C=O) groups excluding carboxylic acids is 2. The van der Waals surface area contributed by atoms with Crippen LogP contribution in [0.15, 0.2) is 78.9 Å². The van der Waals surface area contributed by atoms with Crippen molar-refractivity contribution in [2.75, 3.05) is 5.32 Å². The number of hydrogen-bond donors (Lipinski definition) is 2. The number of benzene rings is 3. The molecular formula is C26H26N2O3. The van der Waals surface area contributed by atoms with Crippen molar-refractivity contribution in [2.24, 2.45) is 0 Å². The van der Waals surface area contributed by atoms with Crippen LogP contribution in [0.25, 0.3) is 0 Å². The summed E-state index contributed by atoms with van der Waals surface area (Å²) in [7, 11) is 0. The Balaban J connectivity index is 1.44. The highest BCUT2D eigenvalue weighted by atomic mass is 16.5. The number of carbonyl (C=O) groups is 2. The molecule has 0 fully saturated rings. The molecule has 0 saturated heterocycles. The molecule has 158 valence electrons. The van der Waals surface area contributed by atoms with Gasteiger partial charge >= 0.3 is 0 Å². The number of amides is 2. The van der Waals surface area contributed by atoms with Gasteiger partial charge in [0.25, 0.3) is 11.8 Å². The summed E-state index contributed by atoms with van der Waals surface area (Å²) < 4.78 is 5.92. The van der Waals surface area contributed by atoms with Gasteiger partial charge in [0.2, 0.25) is 0 Å². The lowest BCUT2D eigenvalue weighted by atomic mass is 9.87. The summed E-state index contributed by atoms with van der Waals surface area (Å²) in [6.45, 7) is 1.70. The van der Waals surface area contributed by atoms with Crippen LogP contribution in [-0.2, 0) is 11.2 Å². The molecule has 0 heterocycles. The van der Waals surface area contributed by atoms with Crippen molar-refractivity contribution in [1.82, 2.24) is 5.32 Å². The first-order valence-electron chi connectivity index (χ1n) is 10.6. The third-order valence-electron chi connectivity index (χ3n) is 5.52. The van der Waals surface area contributed by atoms with Gasteiger partial charge in [0.05, 0.1) is 11.6 Å². The first kappa shape index (κ1) is 20.7. The predicted octanol–water partition coefficient (Wildman–Crippen LogP) is 4.90.